The molecule has 0 saturated heterocycles. The molecule has 0 saturated carbocycles. The molecule has 0 spiro atoms. The molecule has 0 N–H and O–H groups in total. The van der Waals surface area contributed by atoms with Gasteiger partial charge in [0.2, 0.25) is 0 Å². The van der Waals surface area contributed by atoms with E-state index in [1.807, 2.05) is 0 Å². The van der Waals surface area contributed by atoms with Crippen molar-refractivity contribution in [1.82, 2.24) is 0 Å². The molecule has 0 bridgehead atoms. The highest BCUT2D eigenvalue weighted by atomic mass is 32.1. The Labute approximate surface area is 76.3 Å². The third-order valence-corrected chi connectivity index (χ3v) is 1.90. The van der Waals surface area contributed by atoms with Crippen LogP contribution < -0.4 is 5.63 Å². The van der Waals surface area contributed by atoms with Crippen molar-refractivity contribution < 1.29 is 4.42 Å². The van der Waals surface area contributed by atoms with Crippen molar-refractivity contribution in [2.75, 3.05) is 0 Å². The van der Waals surface area contributed by atoms with Crippen LogP contribution in [-0.2, 0) is 6.42 Å². The smallest absolute Gasteiger partial charge is 0.340 e. The fourth-order valence-electron chi connectivity index (χ4n) is 0.954. The minimum atomic E-state index is -0.320. The molecule has 1 aromatic heterocycles. The summed E-state index contributed by atoms with van der Waals surface area (Å²) in [5, 5.41) is 0. The Kier molecular flexibility index (Phi) is 2.76. The predicted octanol–water partition coefficient (Wildman–Crippen LogP) is 1.97. The minimum absolute atomic E-state index is 0.320. The molecule has 0 aromatic carbocycles. The molecular weight excluding hydrogens is 172 g/mol. The maximum atomic E-state index is 11.2. The Morgan fingerprint density at radius 3 is 2.92 bits per heavy atom. The molecule has 1 heterocycles. The van der Waals surface area contributed by atoms with Crippen LogP contribution in [0.3, 0.4) is 0 Å². The Bertz CT molecular complexity index is 352. The lowest BCUT2D eigenvalue weighted by Crippen LogP contribution is -2.08. The normalized spacial score (nSPS) is 9.83. The van der Waals surface area contributed by atoms with Gasteiger partial charge in [-0.05, 0) is 19.4 Å². The van der Waals surface area contributed by atoms with Crippen LogP contribution in [0, 0.1) is 6.92 Å². The zero-order valence-electron chi connectivity index (χ0n) is 6.83. The van der Waals surface area contributed by atoms with Gasteiger partial charge < -0.3 is 4.42 Å². The van der Waals surface area contributed by atoms with Gasteiger partial charge in [-0.1, -0.05) is 6.08 Å². The van der Waals surface area contributed by atoms with E-state index in [1.165, 1.54) is 0 Å². The number of hydrogen-bond acceptors (Lipinski definition) is 3. The lowest BCUT2D eigenvalue weighted by atomic mass is 10.2. The maximum Gasteiger partial charge on any atom is 0.340 e. The molecule has 0 amide bonds. The van der Waals surface area contributed by atoms with Crippen LogP contribution in [-0.4, -0.2) is 0 Å². The summed E-state index contributed by atoms with van der Waals surface area (Å²) >= 11 is 4.16. The van der Waals surface area contributed by atoms with Gasteiger partial charge in [-0.25, -0.2) is 4.79 Å². The first-order chi connectivity index (χ1) is 5.65. The van der Waals surface area contributed by atoms with Gasteiger partial charge in [0.05, 0.1) is 5.56 Å². The van der Waals surface area contributed by atoms with Crippen LogP contribution in [0.1, 0.15) is 11.3 Å². The highest BCUT2D eigenvalue weighted by Gasteiger charge is 2.04. The van der Waals surface area contributed by atoms with Crippen LogP contribution in [0.4, 0.5) is 0 Å². The van der Waals surface area contributed by atoms with E-state index in [1.54, 1.807) is 19.1 Å². The molecule has 0 atom stereocenters. The Morgan fingerprint density at radius 1 is 1.75 bits per heavy atom. The van der Waals surface area contributed by atoms with Crippen LogP contribution in [0.15, 0.2) is 32.8 Å². The molecule has 2 nitrogen and oxygen atoms in total. The summed E-state index contributed by atoms with van der Waals surface area (Å²) in [4.78, 5) is 11.9. The predicted molar refractivity (Wildman–Crippen MR) is 50.9 cm³/mol. The van der Waals surface area contributed by atoms with E-state index in [0.717, 1.165) is 0 Å². The molecular formula is C9H10O2S. The maximum absolute atomic E-state index is 11.2. The van der Waals surface area contributed by atoms with Gasteiger partial charge >= 0.3 is 5.63 Å². The van der Waals surface area contributed by atoms with E-state index in [2.05, 4.69) is 19.2 Å². The first-order valence-electron chi connectivity index (χ1n) is 3.58. The van der Waals surface area contributed by atoms with E-state index in [-0.39, 0.29) is 5.63 Å². The number of thiol groups is 1. The SMILES string of the molecule is C=CCc1c(S)cc(C)oc1=O. The molecule has 1 rings (SSSR count). The monoisotopic (exact) mass is 182 g/mol. The molecule has 0 aliphatic carbocycles. The van der Waals surface area contributed by atoms with E-state index in [0.29, 0.717) is 22.6 Å². The number of hydrogen-bond donors (Lipinski definition) is 1. The zero-order chi connectivity index (χ0) is 9.14. The molecule has 12 heavy (non-hydrogen) atoms. The van der Waals surface area contributed by atoms with Gasteiger partial charge in [-0.2, -0.15) is 0 Å². The van der Waals surface area contributed by atoms with Crippen LogP contribution in [0.25, 0.3) is 0 Å². The first-order valence-corrected chi connectivity index (χ1v) is 4.03. The van der Waals surface area contributed by atoms with Crippen molar-refractivity contribution in [1.29, 1.82) is 0 Å². The van der Waals surface area contributed by atoms with Gasteiger partial charge in [0, 0.05) is 4.90 Å². The third kappa shape index (κ3) is 1.80. The van der Waals surface area contributed by atoms with E-state index < -0.39 is 0 Å². The first kappa shape index (κ1) is 9.13. The van der Waals surface area contributed by atoms with Crippen LogP contribution in [0.5, 0.6) is 0 Å². The average molecular weight is 182 g/mol. The van der Waals surface area contributed by atoms with E-state index >= 15 is 0 Å². The van der Waals surface area contributed by atoms with Crippen molar-refractivity contribution in [3.63, 3.8) is 0 Å². The second kappa shape index (κ2) is 3.63. The largest absolute Gasteiger partial charge is 0.428 e. The van der Waals surface area contributed by atoms with Crippen molar-refractivity contribution in [3.05, 3.63) is 40.5 Å². The Morgan fingerprint density at radius 2 is 2.42 bits per heavy atom. The molecule has 0 unspecified atom stereocenters. The number of allylic oxidation sites excluding steroid dienone is 1. The molecule has 0 fully saturated rings. The van der Waals surface area contributed by atoms with Crippen LogP contribution in [0.2, 0.25) is 0 Å². The average Bonchev–Trinajstić information content (AvgIpc) is 1.96. The lowest BCUT2D eigenvalue weighted by molar-refractivity contribution is 0.468. The molecule has 0 aliphatic heterocycles. The summed E-state index contributed by atoms with van der Waals surface area (Å²) < 4.78 is 4.89. The molecule has 64 valence electrons. The molecule has 0 radical (unpaired) electrons. The standard InChI is InChI=1S/C9H10O2S/c1-3-4-7-8(12)5-6(2)11-9(7)10/h3,5,12H,1,4H2,2H3. The summed E-state index contributed by atoms with van der Waals surface area (Å²) in [5.41, 5.74) is 0.249. The Balaban J connectivity index is 3.28. The highest BCUT2D eigenvalue weighted by molar-refractivity contribution is 7.80. The van der Waals surface area contributed by atoms with Gasteiger partial charge in [0.1, 0.15) is 5.76 Å². The number of rotatable bonds is 2. The molecule has 0 aliphatic rings. The summed E-state index contributed by atoms with van der Waals surface area (Å²) in [6.07, 6.45) is 2.16. The van der Waals surface area contributed by atoms with E-state index in [4.69, 9.17) is 4.42 Å². The number of aryl methyl sites for hydroxylation is 1. The van der Waals surface area contributed by atoms with Gasteiger partial charge in [-0.3, -0.25) is 0 Å². The van der Waals surface area contributed by atoms with Gasteiger partial charge in [-0.15, -0.1) is 19.2 Å². The summed E-state index contributed by atoms with van der Waals surface area (Å²) in [6.45, 7) is 5.27. The zero-order valence-corrected chi connectivity index (χ0v) is 7.73. The summed E-state index contributed by atoms with van der Waals surface area (Å²) in [6, 6.07) is 1.73. The van der Waals surface area contributed by atoms with Crippen molar-refractivity contribution in [2.24, 2.45) is 0 Å². The Hall–Kier alpha value is -0.960. The molecule has 3 heteroatoms. The van der Waals surface area contributed by atoms with Gasteiger partial charge in [0.25, 0.3) is 0 Å². The second-order valence-corrected chi connectivity index (χ2v) is 2.98. The van der Waals surface area contributed by atoms with Crippen molar-refractivity contribution >= 4 is 12.6 Å². The quantitative estimate of drug-likeness (QED) is 0.560. The third-order valence-electron chi connectivity index (χ3n) is 1.50. The fraction of sp³-hybridized carbons (Fsp3) is 0.222. The molecule has 1 aromatic rings. The lowest BCUT2D eigenvalue weighted by Gasteiger charge is -1.99. The van der Waals surface area contributed by atoms with Crippen LogP contribution >= 0.6 is 12.6 Å². The van der Waals surface area contributed by atoms with E-state index in [9.17, 15) is 4.79 Å². The topological polar surface area (TPSA) is 30.2 Å². The summed E-state index contributed by atoms with van der Waals surface area (Å²) in [5.74, 6) is 0.581. The van der Waals surface area contributed by atoms with Crippen molar-refractivity contribution in [3.8, 4) is 0 Å². The summed E-state index contributed by atoms with van der Waals surface area (Å²) in [7, 11) is 0. The van der Waals surface area contributed by atoms with Crippen molar-refractivity contribution in [2.45, 2.75) is 18.2 Å². The van der Waals surface area contributed by atoms with Gasteiger partial charge in [0.15, 0.2) is 0 Å². The minimum Gasteiger partial charge on any atom is -0.428 e. The fourth-order valence-corrected chi connectivity index (χ4v) is 1.32. The highest BCUT2D eigenvalue weighted by Crippen LogP contribution is 2.12. The second-order valence-electron chi connectivity index (χ2n) is 2.50.